The fraction of sp³-hybridized carbons (Fsp3) is 0.750. The minimum atomic E-state index is 0.763. The molecule has 1 aromatic rings. The van der Waals surface area contributed by atoms with E-state index < -0.39 is 0 Å². The third kappa shape index (κ3) is 3.06. The van der Waals surface area contributed by atoms with Crippen molar-refractivity contribution in [2.45, 2.75) is 44.6 Å². The van der Waals surface area contributed by atoms with Gasteiger partial charge in [0.05, 0.1) is 0 Å². The number of nitrogens with zero attached hydrogens (tertiary/aromatic N) is 2. The molecule has 3 heteroatoms. The number of hydrogen-bond acceptors (Lipinski definition) is 2. The van der Waals surface area contributed by atoms with Gasteiger partial charge in [-0.2, -0.15) is 0 Å². The van der Waals surface area contributed by atoms with E-state index in [-0.39, 0.29) is 0 Å². The molecule has 0 atom stereocenters. The first-order valence-corrected chi connectivity index (χ1v) is 6.06. The molecular formula is C12H21N3. The van der Waals surface area contributed by atoms with Gasteiger partial charge in [0.25, 0.3) is 0 Å². The second-order valence-corrected chi connectivity index (χ2v) is 4.49. The van der Waals surface area contributed by atoms with Crippen LogP contribution in [0.3, 0.4) is 0 Å². The molecule has 1 N–H and O–H groups in total. The van der Waals surface area contributed by atoms with Crippen molar-refractivity contribution in [1.29, 1.82) is 0 Å². The van der Waals surface area contributed by atoms with Crippen LogP contribution in [0.2, 0.25) is 0 Å². The topological polar surface area (TPSA) is 29.9 Å². The van der Waals surface area contributed by atoms with E-state index in [2.05, 4.69) is 21.9 Å². The van der Waals surface area contributed by atoms with E-state index >= 15 is 0 Å². The van der Waals surface area contributed by atoms with Gasteiger partial charge in [-0.05, 0) is 12.8 Å². The number of hydrogen-bond donors (Lipinski definition) is 1. The highest BCUT2D eigenvalue weighted by atomic mass is 15.0. The molecule has 84 valence electrons. The fourth-order valence-corrected chi connectivity index (χ4v) is 2.33. The molecule has 0 amide bonds. The summed E-state index contributed by atoms with van der Waals surface area (Å²) in [5.74, 6) is 1.18. The second kappa shape index (κ2) is 5.31. The van der Waals surface area contributed by atoms with E-state index in [1.165, 1.54) is 37.9 Å². The van der Waals surface area contributed by atoms with Gasteiger partial charge in [-0.1, -0.05) is 19.3 Å². The van der Waals surface area contributed by atoms with Crippen molar-refractivity contribution in [3.8, 4) is 0 Å². The summed E-state index contributed by atoms with van der Waals surface area (Å²) in [5, 5.41) is 3.63. The van der Waals surface area contributed by atoms with E-state index in [0.717, 1.165) is 19.0 Å². The summed E-state index contributed by atoms with van der Waals surface area (Å²) < 4.78 is 2.10. The van der Waals surface area contributed by atoms with Crippen LogP contribution in [0.15, 0.2) is 12.4 Å². The van der Waals surface area contributed by atoms with E-state index in [0.29, 0.717) is 0 Å². The molecule has 1 heterocycles. The van der Waals surface area contributed by atoms with Crippen LogP contribution in [0, 0.1) is 0 Å². The van der Waals surface area contributed by atoms with Crippen molar-refractivity contribution in [3.05, 3.63) is 18.2 Å². The van der Waals surface area contributed by atoms with E-state index in [1.54, 1.807) is 0 Å². The monoisotopic (exact) mass is 207 g/mol. The average molecular weight is 207 g/mol. The van der Waals surface area contributed by atoms with Crippen molar-refractivity contribution >= 4 is 0 Å². The summed E-state index contributed by atoms with van der Waals surface area (Å²) in [7, 11) is 2.06. The molecule has 0 aromatic carbocycles. The van der Waals surface area contributed by atoms with Crippen molar-refractivity contribution in [2.24, 2.45) is 7.05 Å². The predicted molar refractivity (Wildman–Crippen MR) is 61.8 cm³/mol. The molecule has 1 fully saturated rings. The van der Waals surface area contributed by atoms with Gasteiger partial charge in [0.2, 0.25) is 0 Å². The molecule has 0 radical (unpaired) electrons. The molecule has 0 bridgehead atoms. The maximum atomic E-state index is 4.32. The van der Waals surface area contributed by atoms with Crippen LogP contribution in [0.4, 0.5) is 0 Å². The zero-order valence-electron chi connectivity index (χ0n) is 9.58. The number of rotatable bonds is 4. The number of nitrogens with one attached hydrogen (secondary N) is 1. The lowest BCUT2D eigenvalue weighted by Crippen LogP contribution is -2.32. The molecule has 3 nitrogen and oxygen atoms in total. The minimum absolute atomic E-state index is 0.763. The van der Waals surface area contributed by atoms with Crippen LogP contribution in [-0.2, 0) is 13.5 Å². The fourth-order valence-electron chi connectivity index (χ4n) is 2.33. The van der Waals surface area contributed by atoms with Gasteiger partial charge < -0.3 is 9.88 Å². The van der Waals surface area contributed by atoms with E-state index in [4.69, 9.17) is 0 Å². The van der Waals surface area contributed by atoms with Gasteiger partial charge in [-0.25, -0.2) is 4.98 Å². The van der Waals surface area contributed by atoms with Crippen molar-refractivity contribution < 1.29 is 0 Å². The highest BCUT2D eigenvalue weighted by Gasteiger charge is 2.12. The summed E-state index contributed by atoms with van der Waals surface area (Å²) >= 11 is 0. The molecule has 2 rings (SSSR count). The molecule has 0 spiro atoms. The van der Waals surface area contributed by atoms with Crippen LogP contribution in [0.1, 0.15) is 37.9 Å². The van der Waals surface area contributed by atoms with Crippen LogP contribution < -0.4 is 5.32 Å². The highest BCUT2D eigenvalue weighted by molar-refractivity contribution is 4.91. The van der Waals surface area contributed by atoms with E-state index in [9.17, 15) is 0 Å². The Kier molecular flexibility index (Phi) is 3.78. The molecule has 0 saturated heterocycles. The number of aromatic nitrogens is 2. The predicted octanol–water partition coefficient (Wildman–Crippen LogP) is 1.88. The Morgan fingerprint density at radius 3 is 2.87 bits per heavy atom. The van der Waals surface area contributed by atoms with Gasteiger partial charge >= 0.3 is 0 Å². The maximum absolute atomic E-state index is 4.32. The Balaban J connectivity index is 1.68. The first-order chi connectivity index (χ1) is 7.36. The van der Waals surface area contributed by atoms with Crippen LogP contribution in [-0.4, -0.2) is 22.1 Å². The Labute approximate surface area is 91.9 Å². The first kappa shape index (κ1) is 10.7. The molecule has 0 aliphatic heterocycles. The van der Waals surface area contributed by atoms with Gasteiger partial charge in [0.15, 0.2) is 0 Å². The smallest absolute Gasteiger partial charge is 0.109 e. The highest BCUT2D eigenvalue weighted by Crippen LogP contribution is 2.17. The summed E-state index contributed by atoms with van der Waals surface area (Å²) in [5.41, 5.74) is 0. The minimum Gasteiger partial charge on any atom is -0.338 e. The number of aryl methyl sites for hydroxylation is 1. The Morgan fingerprint density at radius 1 is 1.40 bits per heavy atom. The first-order valence-electron chi connectivity index (χ1n) is 6.06. The zero-order valence-corrected chi connectivity index (χ0v) is 9.58. The molecule has 1 aromatic heterocycles. The van der Waals surface area contributed by atoms with Gasteiger partial charge in [0, 0.05) is 38.4 Å². The second-order valence-electron chi connectivity index (χ2n) is 4.49. The quantitative estimate of drug-likeness (QED) is 0.817. The summed E-state index contributed by atoms with van der Waals surface area (Å²) in [6, 6.07) is 0.763. The summed E-state index contributed by atoms with van der Waals surface area (Å²) in [6.07, 6.45) is 11.9. The SMILES string of the molecule is Cn1ccnc1CCNC1CCCCC1. The molecule has 1 aliphatic rings. The summed E-state index contributed by atoms with van der Waals surface area (Å²) in [4.78, 5) is 4.32. The number of imidazole rings is 1. The molecule has 1 aliphatic carbocycles. The Hall–Kier alpha value is -0.830. The lowest BCUT2D eigenvalue weighted by atomic mass is 9.95. The van der Waals surface area contributed by atoms with E-state index in [1.807, 2.05) is 12.4 Å². The normalized spacial score (nSPS) is 18.2. The standard InChI is InChI=1S/C12H21N3/c1-15-10-9-14-12(15)7-8-13-11-5-3-2-4-6-11/h9-11,13H,2-8H2,1H3. The lowest BCUT2D eigenvalue weighted by molar-refractivity contribution is 0.374. The molecule has 15 heavy (non-hydrogen) atoms. The van der Waals surface area contributed by atoms with Crippen LogP contribution in [0.25, 0.3) is 0 Å². The average Bonchev–Trinajstić information content (AvgIpc) is 2.66. The Morgan fingerprint density at radius 2 is 2.20 bits per heavy atom. The maximum Gasteiger partial charge on any atom is 0.109 e. The zero-order chi connectivity index (χ0) is 10.5. The van der Waals surface area contributed by atoms with Crippen LogP contribution >= 0.6 is 0 Å². The Bertz CT molecular complexity index is 287. The largest absolute Gasteiger partial charge is 0.338 e. The third-order valence-electron chi connectivity index (χ3n) is 3.31. The molecule has 0 unspecified atom stereocenters. The summed E-state index contributed by atoms with van der Waals surface area (Å²) in [6.45, 7) is 1.06. The van der Waals surface area contributed by atoms with Gasteiger partial charge in [-0.15, -0.1) is 0 Å². The lowest BCUT2D eigenvalue weighted by Gasteiger charge is -2.22. The van der Waals surface area contributed by atoms with Crippen molar-refractivity contribution in [3.63, 3.8) is 0 Å². The van der Waals surface area contributed by atoms with Crippen molar-refractivity contribution in [1.82, 2.24) is 14.9 Å². The van der Waals surface area contributed by atoms with Gasteiger partial charge in [-0.3, -0.25) is 0 Å². The van der Waals surface area contributed by atoms with Gasteiger partial charge in [0.1, 0.15) is 5.82 Å². The third-order valence-corrected chi connectivity index (χ3v) is 3.31. The molecular weight excluding hydrogens is 186 g/mol. The van der Waals surface area contributed by atoms with Crippen LogP contribution in [0.5, 0.6) is 0 Å². The van der Waals surface area contributed by atoms with Crippen molar-refractivity contribution in [2.75, 3.05) is 6.54 Å². The molecule has 1 saturated carbocycles.